The average molecular weight is 491 g/mol. The molecule has 0 fully saturated rings. The van der Waals surface area contributed by atoms with Crippen LogP contribution in [0.5, 0.6) is 0 Å². The molecular formula is C36H30N2. The third-order valence-corrected chi connectivity index (χ3v) is 6.94. The van der Waals surface area contributed by atoms with Crippen LogP contribution in [0.3, 0.4) is 0 Å². The van der Waals surface area contributed by atoms with Crippen molar-refractivity contribution in [1.29, 1.82) is 0 Å². The van der Waals surface area contributed by atoms with Crippen LogP contribution in [0.4, 0.5) is 34.1 Å². The molecule has 0 saturated carbocycles. The Hall–Kier alpha value is -4.82. The molecule has 0 saturated heterocycles. The molecule has 2 nitrogen and oxygen atoms in total. The normalized spacial score (nSPS) is 10.9. The molecule has 0 aliphatic carbocycles. The molecule has 0 radical (unpaired) electrons. The fraction of sp³-hybridized carbons (Fsp3) is 0.0556. The number of anilines is 6. The van der Waals surface area contributed by atoms with Gasteiger partial charge in [-0.3, -0.25) is 0 Å². The summed E-state index contributed by atoms with van der Waals surface area (Å²) in [4.78, 5) is 4.63. The molecular weight excluding hydrogens is 460 g/mol. The molecule has 6 aromatic rings. The third kappa shape index (κ3) is 4.77. The van der Waals surface area contributed by atoms with Gasteiger partial charge in [-0.05, 0) is 97.4 Å². The molecule has 0 bridgehead atoms. The van der Waals surface area contributed by atoms with Crippen molar-refractivity contribution < 1.29 is 0 Å². The second-order valence-corrected chi connectivity index (χ2v) is 9.73. The van der Waals surface area contributed by atoms with Crippen LogP contribution in [0.15, 0.2) is 146 Å². The summed E-state index contributed by atoms with van der Waals surface area (Å²) in [6, 6.07) is 52.0. The maximum Gasteiger partial charge on any atom is 0.0468 e. The fourth-order valence-electron chi connectivity index (χ4n) is 4.93. The Morgan fingerprint density at radius 2 is 0.632 bits per heavy atom. The van der Waals surface area contributed by atoms with Gasteiger partial charge in [0, 0.05) is 34.1 Å². The van der Waals surface area contributed by atoms with Crippen molar-refractivity contribution in [2.45, 2.75) is 13.8 Å². The van der Waals surface area contributed by atoms with E-state index in [0.29, 0.717) is 0 Å². The Labute approximate surface area is 225 Å². The second kappa shape index (κ2) is 10.3. The SMILES string of the molecule is Cc1ccc(N(c2ccccc2)c2ccc3cc(N(c4ccccc4)c4ccc(C)cc4)ccc3c2)cc1. The average Bonchev–Trinajstić information content (AvgIpc) is 2.96. The van der Waals surface area contributed by atoms with Crippen LogP contribution in [-0.2, 0) is 0 Å². The first kappa shape index (κ1) is 23.6. The number of nitrogens with zero attached hydrogens (tertiary/aromatic N) is 2. The molecule has 6 rings (SSSR count). The lowest BCUT2D eigenvalue weighted by atomic mass is 10.1. The lowest BCUT2D eigenvalue weighted by molar-refractivity contribution is 1.27. The molecule has 2 heteroatoms. The van der Waals surface area contributed by atoms with Gasteiger partial charge in [0.25, 0.3) is 0 Å². The smallest absolute Gasteiger partial charge is 0.0468 e. The zero-order valence-corrected chi connectivity index (χ0v) is 21.8. The summed E-state index contributed by atoms with van der Waals surface area (Å²) in [5.74, 6) is 0. The summed E-state index contributed by atoms with van der Waals surface area (Å²) < 4.78 is 0. The minimum Gasteiger partial charge on any atom is -0.310 e. The molecule has 0 amide bonds. The molecule has 0 heterocycles. The van der Waals surface area contributed by atoms with Crippen molar-refractivity contribution in [3.8, 4) is 0 Å². The first-order valence-corrected chi connectivity index (χ1v) is 13.0. The summed E-state index contributed by atoms with van der Waals surface area (Å²) in [6.07, 6.45) is 0. The molecule has 0 N–H and O–H groups in total. The van der Waals surface area contributed by atoms with Crippen molar-refractivity contribution >= 4 is 44.9 Å². The minimum atomic E-state index is 1.14. The van der Waals surface area contributed by atoms with Crippen LogP contribution >= 0.6 is 0 Å². The molecule has 184 valence electrons. The van der Waals surface area contributed by atoms with E-state index in [1.54, 1.807) is 0 Å². The highest BCUT2D eigenvalue weighted by Gasteiger charge is 2.15. The van der Waals surface area contributed by atoms with Crippen LogP contribution in [0.25, 0.3) is 10.8 Å². The van der Waals surface area contributed by atoms with Gasteiger partial charge in [0.1, 0.15) is 0 Å². The third-order valence-electron chi connectivity index (χ3n) is 6.94. The van der Waals surface area contributed by atoms with Crippen LogP contribution < -0.4 is 9.80 Å². The van der Waals surface area contributed by atoms with Crippen molar-refractivity contribution in [2.75, 3.05) is 9.80 Å². The van der Waals surface area contributed by atoms with E-state index in [-0.39, 0.29) is 0 Å². The van der Waals surface area contributed by atoms with Gasteiger partial charge in [0.15, 0.2) is 0 Å². The van der Waals surface area contributed by atoms with Crippen LogP contribution in [0, 0.1) is 13.8 Å². The highest BCUT2D eigenvalue weighted by Crippen LogP contribution is 2.39. The van der Waals surface area contributed by atoms with Gasteiger partial charge >= 0.3 is 0 Å². The summed E-state index contributed by atoms with van der Waals surface area (Å²) in [6.45, 7) is 4.25. The highest BCUT2D eigenvalue weighted by atomic mass is 15.1. The van der Waals surface area contributed by atoms with E-state index >= 15 is 0 Å². The van der Waals surface area contributed by atoms with Crippen LogP contribution in [0.2, 0.25) is 0 Å². The number of hydrogen-bond donors (Lipinski definition) is 0. The van der Waals surface area contributed by atoms with E-state index in [9.17, 15) is 0 Å². The quantitative estimate of drug-likeness (QED) is 0.229. The predicted molar refractivity (Wildman–Crippen MR) is 163 cm³/mol. The zero-order chi connectivity index (χ0) is 25.9. The van der Waals surface area contributed by atoms with Gasteiger partial charge in [-0.2, -0.15) is 0 Å². The van der Waals surface area contributed by atoms with E-state index in [1.165, 1.54) is 21.9 Å². The van der Waals surface area contributed by atoms with E-state index in [0.717, 1.165) is 34.1 Å². The van der Waals surface area contributed by atoms with Crippen LogP contribution in [0.1, 0.15) is 11.1 Å². The van der Waals surface area contributed by atoms with Gasteiger partial charge in [0.2, 0.25) is 0 Å². The Morgan fingerprint density at radius 3 is 1.00 bits per heavy atom. The topological polar surface area (TPSA) is 6.48 Å². The maximum atomic E-state index is 2.31. The van der Waals surface area contributed by atoms with Crippen molar-refractivity contribution in [2.24, 2.45) is 0 Å². The monoisotopic (exact) mass is 490 g/mol. The molecule has 0 spiro atoms. The summed E-state index contributed by atoms with van der Waals surface area (Å²) in [5.41, 5.74) is 9.36. The molecule has 6 aromatic carbocycles. The van der Waals surface area contributed by atoms with Gasteiger partial charge in [-0.15, -0.1) is 0 Å². The number of para-hydroxylation sites is 2. The van der Waals surface area contributed by atoms with Crippen molar-refractivity contribution in [1.82, 2.24) is 0 Å². The first-order valence-electron chi connectivity index (χ1n) is 13.0. The Bertz CT molecular complexity index is 1530. The van der Waals surface area contributed by atoms with E-state index in [4.69, 9.17) is 0 Å². The highest BCUT2D eigenvalue weighted by molar-refractivity contribution is 5.93. The van der Waals surface area contributed by atoms with Crippen molar-refractivity contribution in [3.05, 3.63) is 157 Å². The maximum absolute atomic E-state index is 2.31. The summed E-state index contributed by atoms with van der Waals surface area (Å²) in [7, 11) is 0. The van der Waals surface area contributed by atoms with Crippen molar-refractivity contribution in [3.63, 3.8) is 0 Å². The molecule has 0 aliphatic rings. The predicted octanol–water partition coefficient (Wildman–Crippen LogP) is 10.4. The Balaban J connectivity index is 1.44. The standard InChI is InChI=1S/C36H30N2/c1-27-13-19-33(20-14-27)37(31-9-5-3-6-10-31)35-23-17-30-26-36(24-18-29(30)25-35)38(32-11-7-4-8-12-32)34-21-15-28(2)16-22-34/h3-26H,1-2H3. The lowest BCUT2D eigenvalue weighted by Gasteiger charge is -2.27. The number of fused-ring (bicyclic) bond motifs is 1. The lowest BCUT2D eigenvalue weighted by Crippen LogP contribution is -2.10. The molecule has 0 aliphatic heterocycles. The summed E-state index contributed by atoms with van der Waals surface area (Å²) >= 11 is 0. The van der Waals surface area contributed by atoms with Crippen LogP contribution in [-0.4, -0.2) is 0 Å². The van der Waals surface area contributed by atoms with E-state index < -0.39 is 0 Å². The van der Waals surface area contributed by atoms with Gasteiger partial charge in [0.05, 0.1) is 0 Å². The minimum absolute atomic E-state index is 1.14. The molecule has 0 atom stereocenters. The van der Waals surface area contributed by atoms with Gasteiger partial charge in [-0.25, -0.2) is 0 Å². The number of aryl methyl sites for hydroxylation is 2. The van der Waals surface area contributed by atoms with E-state index in [2.05, 4.69) is 169 Å². The number of benzene rings is 6. The van der Waals surface area contributed by atoms with Gasteiger partial charge in [-0.1, -0.05) is 83.9 Å². The number of hydrogen-bond acceptors (Lipinski definition) is 2. The molecule has 0 unspecified atom stereocenters. The van der Waals surface area contributed by atoms with E-state index in [1.807, 2.05) is 0 Å². The second-order valence-electron chi connectivity index (χ2n) is 9.73. The zero-order valence-electron chi connectivity index (χ0n) is 21.8. The molecule has 38 heavy (non-hydrogen) atoms. The summed E-state index contributed by atoms with van der Waals surface area (Å²) in [5, 5.41) is 2.41. The molecule has 0 aromatic heterocycles. The fourth-order valence-corrected chi connectivity index (χ4v) is 4.93. The largest absolute Gasteiger partial charge is 0.310 e. The Kier molecular flexibility index (Phi) is 6.37. The first-order chi connectivity index (χ1) is 18.7. The number of rotatable bonds is 6. The Morgan fingerprint density at radius 1 is 0.316 bits per heavy atom. The van der Waals surface area contributed by atoms with Gasteiger partial charge < -0.3 is 9.80 Å².